The molecule has 1 aliphatic rings. The Kier molecular flexibility index (Phi) is 6.83. The second-order valence-corrected chi connectivity index (χ2v) is 5.79. The van der Waals surface area contributed by atoms with Crippen LogP contribution in [-0.2, 0) is 20.9 Å². The maximum atomic E-state index is 12.2. The highest BCUT2D eigenvalue weighted by atomic mass is 16.5. The first kappa shape index (κ1) is 16.9. The van der Waals surface area contributed by atoms with E-state index in [9.17, 15) is 4.79 Å². The van der Waals surface area contributed by atoms with E-state index in [-0.39, 0.29) is 12.0 Å². The van der Waals surface area contributed by atoms with E-state index in [0.717, 1.165) is 19.5 Å². The standard InChI is InChI=1S/C17H26N2O3/c1-21-16(10-18)9-17(20)19-8-7-15(11-19)13-22-12-14-5-3-2-4-6-14/h2-6,15-16H,7-13,18H2,1H3. The average molecular weight is 306 g/mol. The van der Waals surface area contributed by atoms with Crippen molar-refractivity contribution in [1.29, 1.82) is 0 Å². The molecule has 5 nitrogen and oxygen atoms in total. The highest BCUT2D eigenvalue weighted by Crippen LogP contribution is 2.18. The first-order chi connectivity index (χ1) is 10.7. The normalized spacial score (nSPS) is 19.4. The largest absolute Gasteiger partial charge is 0.380 e. The third kappa shape index (κ3) is 5.09. The van der Waals surface area contributed by atoms with Gasteiger partial charge in [-0.05, 0) is 12.0 Å². The van der Waals surface area contributed by atoms with E-state index < -0.39 is 0 Å². The smallest absolute Gasteiger partial charge is 0.225 e. The minimum absolute atomic E-state index is 0.128. The number of methoxy groups -OCH3 is 1. The van der Waals surface area contributed by atoms with Crippen molar-refractivity contribution in [3.05, 3.63) is 35.9 Å². The molecule has 0 bridgehead atoms. The molecule has 22 heavy (non-hydrogen) atoms. The minimum atomic E-state index is -0.180. The van der Waals surface area contributed by atoms with Crippen LogP contribution in [0.4, 0.5) is 0 Å². The molecule has 2 rings (SSSR count). The van der Waals surface area contributed by atoms with Crippen molar-refractivity contribution < 1.29 is 14.3 Å². The molecule has 1 saturated heterocycles. The Hall–Kier alpha value is -1.43. The lowest BCUT2D eigenvalue weighted by Crippen LogP contribution is -2.35. The molecule has 2 unspecified atom stereocenters. The predicted octanol–water partition coefficient (Wildman–Crippen LogP) is 1.42. The zero-order chi connectivity index (χ0) is 15.8. The molecule has 1 amide bonds. The van der Waals surface area contributed by atoms with Gasteiger partial charge >= 0.3 is 0 Å². The maximum Gasteiger partial charge on any atom is 0.225 e. The summed E-state index contributed by atoms with van der Waals surface area (Å²) < 4.78 is 10.9. The fourth-order valence-corrected chi connectivity index (χ4v) is 2.70. The van der Waals surface area contributed by atoms with Crippen LogP contribution in [-0.4, -0.2) is 50.3 Å². The van der Waals surface area contributed by atoms with Crippen molar-refractivity contribution in [2.75, 3.05) is 33.4 Å². The first-order valence-electron chi connectivity index (χ1n) is 7.85. The Bertz CT molecular complexity index is 448. The van der Waals surface area contributed by atoms with Gasteiger partial charge in [-0.15, -0.1) is 0 Å². The highest BCUT2D eigenvalue weighted by molar-refractivity contribution is 5.77. The molecule has 1 heterocycles. The molecular weight excluding hydrogens is 280 g/mol. The summed E-state index contributed by atoms with van der Waals surface area (Å²) in [6.07, 6.45) is 1.19. The number of hydrogen-bond donors (Lipinski definition) is 1. The van der Waals surface area contributed by atoms with Gasteiger partial charge in [-0.2, -0.15) is 0 Å². The van der Waals surface area contributed by atoms with Gasteiger partial charge in [0.25, 0.3) is 0 Å². The van der Waals surface area contributed by atoms with Gasteiger partial charge in [0.05, 0.1) is 25.7 Å². The van der Waals surface area contributed by atoms with Crippen molar-refractivity contribution >= 4 is 5.91 Å². The van der Waals surface area contributed by atoms with Crippen LogP contribution >= 0.6 is 0 Å². The van der Waals surface area contributed by atoms with Crippen molar-refractivity contribution in [2.24, 2.45) is 11.7 Å². The SMILES string of the molecule is COC(CN)CC(=O)N1CCC(COCc2ccccc2)C1. The van der Waals surface area contributed by atoms with Gasteiger partial charge in [-0.1, -0.05) is 30.3 Å². The Morgan fingerprint density at radius 3 is 2.86 bits per heavy atom. The Balaban J connectivity index is 1.68. The second-order valence-electron chi connectivity index (χ2n) is 5.79. The van der Waals surface area contributed by atoms with E-state index in [4.69, 9.17) is 15.2 Å². The Morgan fingerprint density at radius 1 is 1.41 bits per heavy atom. The van der Waals surface area contributed by atoms with Crippen LogP contribution in [0.1, 0.15) is 18.4 Å². The van der Waals surface area contributed by atoms with Crippen LogP contribution in [0.2, 0.25) is 0 Å². The van der Waals surface area contributed by atoms with Gasteiger partial charge < -0.3 is 20.1 Å². The molecule has 2 N–H and O–H groups in total. The molecule has 1 fully saturated rings. The molecule has 0 aromatic heterocycles. The van der Waals surface area contributed by atoms with E-state index in [1.54, 1.807) is 7.11 Å². The first-order valence-corrected chi connectivity index (χ1v) is 7.85. The lowest BCUT2D eigenvalue weighted by Gasteiger charge is -2.19. The van der Waals surface area contributed by atoms with Gasteiger partial charge in [0.15, 0.2) is 0 Å². The number of nitrogens with zero attached hydrogens (tertiary/aromatic N) is 1. The van der Waals surface area contributed by atoms with Gasteiger partial charge in [0.2, 0.25) is 5.91 Å². The zero-order valence-corrected chi connectivity index (χ0v) is 13.2. The predicted molar refractivity (Wildman–Crippen MR) is 85.3 cm³/mol. The third-order valence-corrected chi connectivity index (χ3v) is 4.10. The van der Waals surface area contributed by atoms with Crippen molar-refractivity contribution in [3.63, 3.8) is 0 Å². The molecular formula is C17H26N2O3. The van der Waals surface area contributed by atoms with Crippen LogP contribution in [0, 0.1) is 5.92 Å². The molecule has 5 heteroatoms. The van der Waals surface area contributed by atoms with E-state index >= 15 is 0 Å². The summed E-state index contributed by atoms with van der Waals surface area (Å²) in [5, 5.41) is 0. The number of benzene rings is 1. The number of rotatable bonds is 8. The van der Waals surface area contributed by atoms with Crippen LogP contribution in [0.15, 0.2) is 30.3 Å². The molecule has 0 aliphatic carbocycles. The monoisotopic (exact) mass is 306 g/mol. The fraction of sp³-hybridized carbons (Fsp3) is 0.588. The number of ether oxygens (including phenoxy) is 2. The number of likely N-dealkylation sites (tertiary alicyclic amines) is 1. The van der Waals surface area contributed by atoms with Crippen molar-refractivity contribution in [2.45, 2.75) is 25.6 Å². The number of carbonyl (C=O) groups is 1. The topological polar surface area (TPSA) is 64.8 Å². The molecule has 2 atom stereocenters. The fourth-order valence-electron chi connectivity index (χ4n) is 2.70. The molecule has 1 aromatic carbocycles. The summed E-state index contributed by atoms with van der Waals surface area (Å²) in [5.74, 6) is 0.550. The van der Waals surface area contributed by atoms with Crippen LogP contribution < -0.4 is 5.73 Å². The van der Waals surface area contributed by atoms with Gasteiger partial charge in [0.1, 0.15) is 0 Å². The zero-order valence-electron chi connectivity index (χ0n) is 13.2. The van der Waals surface area contributed by atoms with Crippen LogP contribution in [0.5, 0.6) is 0 Å². The summed E-state index contributed by atoms with van der Waals surface area (Å²) in [7, 11) is 1.59. The molecule has 1 aliphatic heterocycles. The lowest BCUT2D eigenvalue weighted by atomic mass is 10.1. The van der Waals surface area contributed by atoms with E-state index in [0.29, 0.717) is 32.1 Å². The number of nitrogens with two attached hydrogens (primary N) is 1. The summed E-state index contributed by atoms with van der Waals surface area (Å²) >= 11 is 0. The quantitative estimate of drug-likeness (QED) is 0.789. The molecule has 0 radical (unpaired) electrons. The highest BCUT2D eigenvalue weighted by Gasteiger charge is 2.27. The average Bonchev–Trinajstić information content (AvgIpc) is 3.02. The maximum absolute atomic E-state index is 12.2. The van der Waals surface area contributed by atoms with Crippen molar-refractivity contribution in [1.82, 2.24) is 4.90 Å². The number of carbonyl (C=O) groups excluding carboxylic acids is 1. The van der Waals surface area contributed by atoms with Crippen molar-refractivity contribution in [3.8, 4) is 0 Å². The van der Waals surface area contributed by atoms with Gasteiger partial charge in [0, 0.05) is 32.7 Å². The van der Waals surface area contributed by atoms with Crippen LogP contribution in [0.25, 0.3) is 0 Å². The van der Waals surface area contributed by atoms with E-state index in [2.05, 4.69) is 12.1 Å². The summed E-state index contributed by atoms with van der Waals surface area (Å²) in [6.45, 7) is 3.28. The van der Waals surface area contributed by atoms with E-state index in [1.165, 1.54) is 5.56 Å². The second kappa shape index (κ2) is 8.88. The Morgan fingerprint density at radius 2 is 2.18 bits per heavy atom. The summed E-state index contributed by atoms with van der Waals surface area (Å²) in [4.78, 5) is 14.1. The molecule has 0 saturated carbocycles. The Labute approximate surface area is 132 Å². The minimum Gasteiger partial charge on any atom is -0.380 e. The van der Waals surface area contributed by atoms with Gasteiger partial charge in [-0.3, -0.25) is 4.79 Å². The molecule has 122 valence electrons. The molecule has 0 spiro atoms. The third-order valence-electron chi connectivity index (χ3n) is 4.10. The number of amides is 1. The summed E-state index contributed by atoms with van der Waals surface area (Å²) in [6, 6.07) is 10.1. The van der Waals surface area contributed by atoms with E-state index in [1.807, 2.05) is 23.1 Å². The van der Waals surface area contributed by atoms with Crippen LogP contribution in [0.3, 0.4) is 0 Å². The van der Waals surface area contributed by atoms with Gasteiger partial charge in [-0.25, -0.2) is 0 Å². The summed E-state index contributed by atoms with van der Waals surface area (Å²) in [5.41, 5.74) is 6.74. The lowest BCUT2D eigenvalue weighted by molar-refractivity contribution is -0.132. The number of hydrogen-bond acceptors (Lipinski definition) is 4. The molecule has 1 aromatic rings.